The number of rotatable bonds is 13. The van der Waals surface area contributed by atoms with Crippen molar-refractivity contribution in [2.45, 2.75) is 76.2 Å². The van der Waals surface area contributed by atoms with Gasteiger partial charge < -0.3 is 33.5 Å². The van der Waals surface area contributed by atoms with E-state index < -0.39 is 23.0 Å². The Morgan fingerprint density at radius 1 is 0.684 bits per heavy atom. The van der Waals surface area contributed by atoms with E-state index in [0.29, 0.717) is 28.7 Å². The monoisotopic (exact) mass is 1050 g/mol. The van der Waals surface area contributed by atoms with E-state index in [4.69, 9.17) is 23.7 Å². The molecule has 0 spiro atoms. The molecule has 1 saturated carbocycles. The molecule has 9 heteroatoms. The molecule has 0 aromatic heterocycles. The second-order valence-electron chi connectivity index (χ2n) is 22.0. The minimum absolute atomic E-state index is 0.252. The third-order valence-electron chi connectivity index (χ3n) is 17.1. The fraction of sp³-hybridized carbons (Fsp3) is 0.271. The van der Waals surface area contributed by atoms with Crippen LogP contribution in [-0.2, 0) is 11.0 Å². The summed E-state index contributed by atoms with van der Waals surface area (Å²) in [4.78, 5) is 32.8. The van der Waals surface area contributed by atoms with Crippen LogP contribution in [0, 0.1) is 5.92 Å². The zero-order valence-electron chi connectivity index (χ0n) is 45.7. The molecule has 2 fully saturated rings. The van der Waals surface area contributed by atoms with Gasteiger partial charge >= 0.3 is 11.9 Å². The van der Waals surface area contributed by atoms with Gasteiger partial charge in [0.1, 0.15) is 34.3 Å². The number of piperazine rings is 1. The molecule has 7 aromatic rings. The van der Waals surface area contributed by atoms with Gasteiger partial charge in [-0.25, -0.2) is 9.59 Å². The van der Waals surface area contributed by atoms with Gasteiger partial charge in [-0.1, -0.05) is 106 Å². The Kier molecular flexibility index (Phi) is 13.9. The van der Waals surface area contributed by atoms with E-state index in [1.165, 1.54) is 55.3 Å². The number of carbonyl (C=O) groups is 2. The lowest BCUT2D eigenvalue weighted by molar-refractivity contribution is 0.0728. The Labute approximate surface area is 463 Å². The topological polar surface area (TPSA) is 86.8 Å². The van der Waals surface area contributed by atoms with Crippen LogP contribution in [0.1, 0.15) is 114 Å². The summed E-state index contributed by atoms with van der Waals surface area (Å²) in [6.07, 6.45) is 20.4. The number of hydrogen-bond donors (Lipinski definition) is 0. The molecule has 1 unspecified atom stereocenters. The van der Waals surface area contributed by atoms with Gasteiger partial charge in [0.25, 0.3) is 0 Å². The first-order valence-electron chi connectivity index (χ1n) is 27.9. The average Bonchev–Trinajstić information content (AvgIpc) is 3.87. The Hall–Kier alpha value is -8.52. The molecule has 2 aliphatic heterocycles. The number of nitrogens with zero attached hydrogens (tertiary/aromatic N) is 2. The molecule has 3 aliphatic carbocycles. The first-order chi connectivity index (χ1) is 38.5. The molecule has 79 heavy (non-hydrogen) atoms. The highest BCUT2D eigenvalue weighted by molar-refractivity contribution is 6.12. The van der Waals surface area contributed by atoms with Crippen LogP contribution in [0.15, 0.2) is 187 Å². The highest BCUT2D eigenvalue weighted by Crippen LogP contribution is 2.59. The number of methoxy groups -OCH3 is 2. The summed E-state index contributed by atoms with van der Waals surface area (Å²) in [5, 5.41) is 1.63. The van der Waals surface area contributed by atoms with Crippen molar-refractivity contribution in [2.24, 2.45) is 5.92 Å². The molecule has 0 amide bonds. The molecule has 5 aliphatic rings. The maximum atomic E-state index is 14.5. The smallest absolute Gasteiger partial charge is 0.347 e. The summed E-state index contributed by atoms with van der Waals surface area (Å²) < 4.78 is 31.1. The Balaban J connectivity index is 0.834. The van der Waals surface area contributed by atoms with Gasteiger partial charge in [0.05, 0.1) is 19.8 Å². The number of hydrogen-bond acceptors (Lipinski definition) is 9. The van der Waals surface area contributed by atoms with Gasteiger partial charge in [-0.3, -0.25) is 0 Å². The van der Waals surface area contributed by atoms with Crippen molar-refractivity contribution in [2.75, 3.05) is 45.3 Å². The molecule has 1 atom stereocenters. The third kappa shape index (κ3) is 9.61. The molecule has 1 saturated heterocycles. The van der Waals surface area contributed by atoms with E-state index in [-0.39, 0.29) is 11.3 Å². The summed E-state index contributed by atoms with van der Waals surface area (Å²) in [5.74, 6) is 2.93. The lowest BCUT2D eigenvalue weighted by Crippen LogP contribution is -2.45. The molecule has 0 radical (unpaired) electrons. The second-order valence-corrected chi connectivity index (χ2v) is 22.0. The number of esters is 2. The van der Waals surface area contributed by atoms with Gasteiger partial charge in [0.2, 0.25) is 0 Å². The van der Waals surface area contributed by atoms with E-state index in [0.717, 1.165) is 87.7 Å². The second kappa shape index (κ2) is 21.4. The maximum Gasteiger partial charge on any atom is 0.347 e. The minimum Gasteiger partial charge on any atom is -0.497 e. The van der Waals surface area contributed by atoms with Gasteiger partial charge in [-0.05, 0) is 174 Å². The fourth-order valence-corrected chi connectivity index (χ4v) is 12.9. The summed E-state index contributed by atoms with van der Waals surface area (Å²) in [5.41, 5.74) is 13.5. The van der Waals surface area contributed by atoms with Gasteiger partial charge in [0, 0.05) is 65.1 Å². The van der Waals surface area contributed by atoms with Crippen LogP contribution in [0.4, 0.5) is 5.69 Å². The molecule has 398 valence electrons. The van der Waals surface area contributed by atoms with Gasteiger partial charge in [0.15, 0.2) is 5.60 Å². The first-order valence-corrected chi connectivity index (χ1v) is 27.9. The van der Waals surface area contributed by atoms with Gasteiger partial charge in [-0.15, -0.1) is 5.73 Å². The number of allylic oxidation sites excluding steroid dienone is 2. The van der Waals surface area contributed by atoms with E-state index >= 15 is 0 Å². The van der Waals surface area contributed by atoms with E-state index in [9.17, 15) is 9.59 Å². The van der Waals surface area contributed by atoms with Crippen molar-refractivity contribution in [3.05, 3.63) is 226 Å². The van der Waals surface area contributed by atoms with Crippen LogP contribution in [0.25, 0.3) is 28.0 Å². The van der Waals surface area contributed by atoms with Crippen molar-refractivity contribution in [1.29, 1.82) is 0 Å². The van der Waals surface area contributed by atoms with Crippen molar-refractivity contribution in [3.63, 3.8) is 0 Å². The average molecular weight is 1050 g/mol. The lowest BCUT2D eigenvalue weighted by Gasteiger charge is -2.39. The molecular formula is C70H66N2O7. The largest absolute Gasteiger partial charge is 0.497 e. The Morgan fingerprint density at radius 3 is 2.06 bits per heavy atom. The van der Waals surface area contributed by atoms with Crippen LogP contribution >= 0.6 is 0 Å². The van der Waals surface area contributed by atoms with Crippen molar-refractivity contribution >= 4 is 34.5 Å². The predicted molar refractivity (Wildman–Crippen MR) is 314 cm³/mol. The lowest BCUT2D eigenvalue weighted by atomic mass is 9.76. The van der Waals surface area contributed by atoms with Crippen LogP contribution in [-0.4, -0.2) is 57.2 Å². The third-order valence-corrected chi connectivity index (χ3v) is 17.1. The normalized spacial score (nSPS) is 19.8. The van der Waals surface area contributed by atoms with Crippen LogP contribution in [0.2, 0.25) is 0 Å². The van der Waals surface area contributed by atoms with Crippen LogP contribution in [0.3, 0.4) is 0 Å². The highest BCUT2D eigenvalue weighted by Gasteiger charge is 2.45. The Bertz CT molecular complexity index is 3630. The fourth-order valence-electron chi connectivity index (χ4n) is 12.9. The standard InChI is InChI=1S/C70H66N2O7/c1-6-13-46-20-22-47(23-21-46)48-24-32-55(33-25-48)77-67(73)49-26-34-56(35-27-49)78-68(74)61-44-59-60(45-63(61)76-5)66-58(65-64(59)57-18-10-11-19-62(57)69(65,2)3)38-39-70(79-66,50-14-8-7-9-15-50)51-16-12-17-52(29-28-51)71-40-42-72(43-41-71)53-30-36-54(75-4)37-31-53/h7-12,14-15,17-19,24-39,44-47H,6,13,20-23,40-43H2,1-5H3. The number of benzene rings is 7. The van der Waals surface area contributed by atoms with E-state index in [2.05, 4.69) is 127 Å². The maximum absolute atomic E-state index is 14.5. The summed E-state index contributed by atoms with van der Waals surface area (Å²) >= 11 is 0. The molecule has 0 bridgehead atoms. The van der Waals surface area contributed by atoms with Crippen molar-refractivity contribution in [3.8, 4) is 39.9 Å². The summed E-state index contributed by atoms with van der Waals surface area (Å²) in [6, 6.07) is 45.3. The van der Waals surface area contributed by atoms with E-state index in [1.54, 1.807) is 38.5 Å². The van der Waals surface area contributed by atoms with Crippen LogP contribution in [0.5, 0.6) is 28.7 Å². The number of anilines is 1. The zero-order chi connectivity index (χ0) is 54.3. The minimum atomic E-state index is -1.09. The predicted octanol–water partition coefficient (Wildman–Crippen LogP) is 15.3. The summed E-state index contributed by atoms with van der Waals surface area (Å²) in [6.45, 7) is 10.3. The number of ether oxygens (including phenoxy) is 5. The Morgan fingerprint density at radius 2 is 1.35 bits per heavy atom. The van der Waals surface area contributed by atoms with Crippen molar-refractivity contribution in [1.82, 2.24) is 4.90 Å². The van der Waals surface area contributed by atoms with Crippen LogP contribution < -0.4 is 28.6 Å². The quantitative estimate of drug-likeness (QED) is 0.0637. The highest BCUT2D eigenvalue weighted by atomic mass is 16.5. The van der Waals surface area contributed by atoms with Crippen molar-refractivity contribution < 1.29 is 33.3 Å². The molecule has 12 rings (SSSR count). The molecule has 0 N–H and O–H groups in total. The molecule has 7 aromatic carbocycles. The summed E-state index contributed by atoms with van der Waals surface area (Å²) in [7, 11) is 3.26. The molecule has 9 nitrogen and oxygen atoms in total. The molecule has 2 heterocycles. The first kappa shape index (κ1) is 51.2. The van der Waals surface area contributed by atoms with E-state index in [1.807, 2.05) is 60.7 Å². The molecular weight excluding hydrogens is 981 g/mol. The number of fused-ring (bicyclic) bond motifs is 8. The van der Waals surface area contributed by atoms with Gasteiger partial charge in [-0.2, -0.15) is 0 Å². The zero-order valence-corrected chi connectivity index (χ0v) is 45.7. The number of carbonyl (C=O) groups excluding carboxylic acids is 2. The SMILES string of the molecule is CCCC1CCC(c2ccc(OC(=O)c3ccc(OC(=O)c4cc5c6c(c7c(c5cc4OC)OC(C4=C=CC=C(N5CCN(c8ccc(OC)cc8)CC5)C=C4)(c4ccccc4)C=C7)C(C)(C)c4ccccc4-6)cc3)cc2)CC1.